The molecule has 3 fully saturated rings. The summed E-state index contributed by atoms with van der Waals surface area (Å²) in [4.78, 5) is 57.7. The lowest BCUT2D eigenvalue weighted by atomic mass is 9.77. The number of nitrogen functional groups attached to an aromatic ring is 1. The third-order valence-corrected chi connectivity index (χ3v) is 19.1. The number of pyridine rings is 3. The minimum Gasteiger partial charge on any atom is -0.389 e. The summed E-state index contributed by atoms with van der Waals surface area (Å²) >= 11 is 0. The van der Waals surface area contributed by atoms with Gasteiger partial charge in [0.1, 0.15) is 22.7 Å². The largest absolute Gasteiger partial charge is 0.389 e. The summed E-state index contributed by atoms with van der Waals surface area (Å²) in [5.41, 5.74) is 14.0. The molecule has 13 heterocycles. The highest BCUT2D eigenvalue weighted by atomic mass is 16.5. The topological polar surface area (TPSA) is 401 Å². The molecule has 30 nitrogen and oxygen atoms in total. The molecule has 0 bridgehead atoms. The number of aliphatic hydroxyl groups is 3. The zero-order valence-electron chi connectivity index (χ0n) is 59.3. The number of aromatic amines is 1. The van der Waals surface area contributed by atoms with E-state index in [9.17, 15) is 15.3 Å². The van der Waals surface area contributed by atoms with Crippen LogP contribution >= 0.6 is 0 Å². The molecule has 3 aliphatic rings. The van der Waals surface area contributed by atoms with Crippen LogP contribution in [0.25, 0.3) is 79.6 Å². The predicted molar refractivity (Wildman–Crippen MR) is 379 cm³/mol. The van der Waals surface area contributed by atoms with Gasteiger partial charge in [0.15, 0.2) is 23.1 Å². The highest BCUT2D eigenvalue weighted by molar-refractivity contribution is 5.73. The first-order valence-corrected chi connectivity index (χ1v) is 34.3. The molecule has 3 saturated carbocycles. The molecule has 0 amide bonds. The van der Waals surface area contributed by atoms with Crippen LogP contribution in [-0.4, -0.2) is 149 Å². The molecule has 530 valence electrons. The van der Waals surface area contributed by atoms with E-state index in [1.807, 2.05) is 68.4 Å². The maximum absolute atomic E-state index is 10.1. The summed E-state index contributed by atoms with van der Waals surface area (Å²) in [5.74, 6) is 5.31. The molecule has 0 spiro atoms. The molecule has 0 unspecified atom stereocenters. The van der Waals surface area contributed by atoms with Gasteiger partial charge in [0.25, 0.3) is 17.7 Å². The first-order chi connectivity index (χ1) is 49.2. The van der Waals surface area contributed by atoms with E-state index in [0.717, 1.165) is 112 Å². The van der Waals surface area contributed by atoms with Gasteiger partial charge in [0.2, 0.25) is 5.95 Å². The van der Waals surface area contributed by atoms with Crippen molar-refractivity contribution in [2.24, 2.45) is 17.8 Å². The van der Waals surface area contributed by atoms with Gasteiger partial charge in [-0.2, -0.15) is 30.2 Å². The fraction of sp³-hybridized carbons (Fsp3) is 0.397. The third kappa shape index (κ3) is 14.9. The minimum atomic E-state index is -0.872. The van der Waals surface area contributed by atoms with Crippen molar-refractivity contribution in [2.75, 3.05) is 18.1 Å². The molecule has 103 heavy (non-hydrogen) atoms. The zero-order valence-corrected chi connectivity index (χ0v) is 59.3. The van der Waals surface area contributed by atoms with Crippen molar-refractivity contribution in [3.8, 4) is 68.4 Å². The van der Waals surface area contributed by atoms with Gasteiger partial charge in [-0.3, -0.25) is 29.0 Å². The minimum absolute atomic E-state index is 0.365. The number of hydrogen-bond acceptors (Lipinski definition) is 26. The number of aryl methyl sites for hydroxylation is 1. The lowest BCUT2D eigenvalue weighted by Crippen LogP contribution is -2.28. The Kier molecular flexibility index (Phi) is 18.0. The molecule has 0 aliphatic heterocycles. The Hall–Kier alpha value is -11.2. The molecule has 7 N–H and O–H groups in total. The van der Waals surface area contributed by atoms with Crippen LogP contribution in [0, 0.1) is 24.7 Å². The van der Waals surface area contributed by atoms with Gasteiger partial charge >= 0.3 is 0 Å². The van der Waals surface area contributed by atoms with Gasteiger partial charge in [0.05, 0.1) is 123 Å². The Morgan fingerprint density at radius 3 is 1.25 bits per heavy atom. The average Bonchev–Trinajstić information content (AvgIpc) is 1.64. The van der Waals surface area contributed by atoms with E-state index in [-0.39, 0.29) is 0 Å². The molecule has 0 saturated heterocycles. The lowest BCUT2D eigenvalue weighted by molar-refractivity contribution is 0.0571. The molecular weight excluding hydrogens is 1310 g/mol. The number of anilines is 2. The first kappa shape index (κ1) is 68.9. The van der Waals surface area contributed by atoms with Crippen LogP contribution in [0.15, 0.2) is 143 Å². The SMILES string of the molecule is CC(C)(O)Cn1cc(-c2nc([C@@](C)(c3ccc(-c4cnc5[nH]ccc5n4)nc3)C3CC3)no2)cn1.CNc1ncc(-c2ccc([C@](C)(c3noc(-c4cnn(CC(C)(C)O)c4)n3)C3CC3)cn2)cn1.Cc1nc(N)cnc1-c1ccc([C@](C)(c2noc(-c3cnn(CC(C)(C)O)c3)n2)C2CC2)cn1. The summed E-state index contributed by atoms with van der Waals surface area (Å²) in [6, 6.07) is 14.0. The number of hydrogen-bond donors (Lipinski definition) is 6. The second-order valence-corrected chi connectivity index (χ2v) is 29.5. The average molecular weight is 1390 g/mol. The van der Waals surface area contributed by atoms with E-state index < -0.39 is 33.0 Å². The Bertz CT molecular complexity index is 5080. The van der Waals surface area contributed by atoms with E-state index >= 15 is 0 Å². The van der Waals surface area contributed by atoms with E-state index in [0.29, 0.717) is 95.6 Å². The van der Waals surface area contributed by atoms with Crippen LogP contribution in [0.4, 0.5) is 11.8 Å². The van der Waals surface area contributed by atoms with Gasteiger partial charge in [-0.25, -0.2) is 29.9 Å². The molecule has 0 radical (unpaired) electrons. The number of H-pyrrole nitrogens is 1. The standard InChI is InChI=1S/C25H26N8O2.2C24H28N8O2/c1-24(2,34)14-33-13-15(10-29-33)22-31-23(32-35-22)25(3,16-4-5-16)17-6-7-18(27-11-17)20-12-28-21-19(30-20)8-9-26-21;1-23(2,33)14-32-13-16(11-29-32)20-30-21(31-34-20)24(3,17-5-6-17)18-7-8-19(26-12-18)15-9-27-22(25-4)28-10-15;1-14-20(27-11-19(25)29-14)18-8-7-17(10-26-18)24(4,16-5-6-16)22-30-21(34-31-22)15-9-28-32(12-15)13-23(2,3)33/h6-13,16,34H,4-5,14H2,1-3H3,(H,26,28);7-13,17,33H,5-6,14H2,1-4H3,(H,25,27,28);7-12,16,33H,5-6,13H2,1-4H3,(H2,25,29)/t25-;2*24-/m111/s1. The Labute approximate surface area is 592 Å². The van der Waals surface area contributed by atoms with Crippen LogP contribution in [0.2, 0.25) is 0 Å². The van der Waals surface area contributed by atoms with E-state index in [1.165, 1.54) is 6.20 Å². The van der Waals surface area contributed by atoms with Crippen molar-refractivity contribution in [3.63, 3.8) is 0 Å². The van der Waals surface area contributed by atoms with Gasteiger partial charge in [0, 0.05) is 68.4 Å². The quantitative estimate of drug-likeness (QED) is 0.0367. The smallest absolute Gasteiger partial charge is 0.261 e. The van der Waals surface area contributed by atoms with Crippen LogP contribution in [0.3, 0.4) is 0 Å². The zero-order chi connectivity index (χ0) is 72.2. The Morgan fingerprint density at radius 1 is 0.456 bits per heavy atom. The molecular formula is C73H82N24O6. The van der Waals surface area contributed by atoms with Gasteiger partial charge in [-0.05, 0) is 166 Å². The summed E-state index contributed by atoms with van der Waals surface area (Å²) in [7, 11) is 1.78. The van der Waals surface area contributed by atoms with E-state index in [4.69, 9.17) is 39.2 Å². The number of nitrogens with one attached hydrogen (secondary N) is 2. The molecule has 13 aromatic rings. The van der Waals surface area contributed by atoms with Crippen molar-refractivity contribution < 1.29 is 28.9 Å². The molecule has 13 aromatic heterocycles. The molecule has 16 rings (SSSR count). The maximum Gasteiger partial charge on any atom is 0.261 e. The molecule has 3 aliphatic carbocycles. The van der Waals surface area contributed by atoms with Crippen molar-refractivity contribution in [1.82, 2.24) is 110 Å². The Morgan fingerprint density at radius 2 is 0.874 bits per heavy atom. The van der Waals surface area contributed by atoms with E-state index in [1.54, 1.807) is 106 Å². The summed E-state index contributed by atoms with van der Waals surface area (Å²) in [5, 5.41) is 59.1. The van der Waals surface area contributed by atoms with E-state index in [2.05, 4.69) is 120 Å². The third-order valence-electron chi connectivity index (χ3n) is 19.1. The fourth-order valence-corrected chi connectivity index (χ4v) is 13.0. The number of nitrogens with two attached hydrogens (primary N) is 1. The van der Waals surface area contributed by atoms with Crippen LogP contribution in [0.1, 0.15) is 141 Å². The second-order valence-electron chi connectivity index (χ2n) is 29.5. The van der Waals surface area contributed by atoms with Crippen molar-refractivity contribution >= 4 is 22.9 Å². The normalized spacial score (nSPS) is 15.9. The number of fused-ring (bicyclic) bond motifs is 1. The van der Waals surface area contributed by atoms with Crippen LogP contribution < -0.4 is 11.1 Å². The highest BCUT2D eigenvalue weighted by Crippen LogP contribution is 2.53. The summed E-state index contributed by atoms with van der Waals surface area (Å²) in [6.45, 7) is 19.9. The number of nitrogens with zero attached hydrogens (tertiary/aromatic N) is 21. The van der Waals surface area contributed by atoms with Crippen LogP contribution in [0.5, 0.6) is 0 Å². The second kappa shape index (κ2) is 26.9. The highest BCUT2D eigenvalue weighted by Gasteiger charge is 2.50. The van der Waals surface area contributed by atoms with Gasteiger partial charge < -0.3 is 44.9 Å². The summed E-state index contributed by atoms with van der Waals surface area (Å²) < 4.78 is 21.9. The summed E-state index contributed by atoms with van der Waals surface area (Å²) in [6.07, 6.45) is 31.3. The molecule has 0 aromatic carbocycles. The number of rotatable bonds is 22. The number of aromatic nitrogens is 22. The van der Waals surface area contributed by atoms with Gasteiger partial charge in [-0.1, -0.05) is 33.7 Å². The van der Waals surface area contributed by atoms with Crippen LogP contribution in [-0.2, 0) is 35.9 Å². The maximum atomic E-state index is 10.1. The van der Waals surface area contributed by atoms with Gasteiger partial charge in [-0.15, -0.1) is 0 Å². The van der Waals surface area contributed by atoms with Crippen molar-refractivity contribution in [1.29, 1.82) is 0 Å². The predicted octanol–water partition coefficient (Wildman–Crippen LogP) is 10.2. The fourth-order valence-electron chi connectivity index (χ4n) is 13.0. The monoisotopic (exact) mass is 1390 g/mol. The van der Waals surface area contributed by atoms with Crippen molar-refractivity contribution in [3.05, 3.63) is 169 Å². The molecule has 3 atom stereocenters. The first-order valence-electron chi connectivity index (χ1n) is 34.3. The molecule has 30 heteroatoms. The Balaban J connectivity index is 0.000000131. The lowest BCUT2D eigenvalue weighted by Gasteiger charge is -2.26. The van der Waals surface area contributed by atoms with Crippen molar-refractivity contribution in [2.45, 2.75) is 160 Å².